The van der Waals surface area contributed by atoms with Gasteiger partial charge in [-0.1, -0.05) is 6.92 Å². The highest BCUT2D eigenvalue weighted by Gasteiger charge is 2.27. The molecular formula is C10H21F3N2. The van der Waals surface area contributed by atoms with Gasteiger partial charge in [0.2, 0.25) is 0 Å². The topological polar surface area (TPSA) is 15.3 Å². The van der Waals surface area contributed by atoms with Crippen molar-refractivity contribution in [2.24, 2.45) is 0 Å². The molecule has 0 rings (SSSR count). The van der Waals surface area contributed by atoms with Gasteiger partial charge in [0.1, 0.15) is 0 Å². The van der Waals surface area contributed by atoms with Gasteiger partial charge in [-0.2, -0.15) is 13.2 Å². The minimum absolute atomic E-state index is 0.0711. The maximum Gasteiger partial charge on any atom is 0.390 e. The average Bonchev–Trinajstić information content (AvgIpc) is 2.10. The number of alkyl halides is 3. The standard InChI is InChI=1S/C10H21F3N2/c1-4-6-14-9(2)8-15(3)7-5-10(11,12)13/h9,14H,4-8H2,1-3H3. The second kappa shape index (κ2) is 7.06. The molecule has 0 aliphatic rings. The second-order valence-corrected chi connectivity index (χ2v) is 3.98. The van der Waals surface area contributed by atoms with Crippen LogP contribution in [0.15, 0.2) is 0 Å². The van der Waals surface area contributed by atoms with E-state index in [-0.39, 0.29) is 12.6 Å². The molecule has 5 heteroatoms. The highest BCUT2D eigenvalue weighted by atomic mass is 19.4. The third-order valence-electron chi connectivity index (χ3n) is 2.11. The zero-order chi connectivity index (χ0) is 11.9. The average molecular weight is 226 g/mol. The maximum absolute atomic E-state index is 11.9. The van der Waals surface area contributed by atoms with Crippen LogP contribution in [-0.4, -0.2) is 43.8 Å². The number of likely N-dealkylation sites (N-methyl/N-ethyl adjacent to an activating group) is 1. The van der Waals surface area contributed by atoms with Crippen molar-refractivity contribution in [2.45, 2.75) is 38.9 Å². The smallest absolute Gasteiger partial charge is 0.313 e. The van der Waals surface area contributed by atoms with Crippen molar-refractivity contribution in [3.8, 4) is 0 Å². The summed E-state index contributed by atoms with van der Waals surface area (Å²) in [6.07, 6.45) is -3.74. The van der Waals surface area contributed by atoms with Crippen LogP contribution in [0.25, 0.3) is 0 Å². The molecular weight excluding hydrogens is 205 g/mol. The van der Waals surface area contributed by atoms with Gasteiger partial charge in [0.25, 0.3) is 0 Å². The molecule has 0 saturated heterocycles. The Morgan fingerprint density at radius 1 is 1.33 bits per heavy atom. The van der Waals surface area contributed by atoms with Crippen LogP contribution < -0.4 is 5.32 Å². The zero-order valence-corrected chi connectivity index (χ0v) is 9.69. The number of hydrogen-bond acceptors (Lipinski definition) is 2. The third kappa shape index (κ3) is 10.0. The van der Waals surface area contributed by atoms with Gasteiger partial charge in [-0.15, -0.1) is 0 Å². The lowest BCUT2D eigenvalue weighted by molar-refractivity contribution is -0.137. The van der Waals surface area contributed by atoms with E-state index in [4.69, 9.17) is 0 Å². The first-order valence-electron chi connectivity index (χ1n) is 5.34. The molecule has 1 unspecified atom stereocenters. The van der Waals surface area contributed by atoms with E-state index in [9.17, 15) is 13.2 Å². The highest BCUT2D eigenvalue weighted by molar-refractivity contribution is 4.66. The molecule has 0 bridgehead atoms. The van der Waals surface area contributed by atoms with Crippen molar-refractivity contribution in [1.29, 1.82) is 0 Å². The predicted molar refractivity (Wildman–Crippen MR) is 55.9 cm³/mol. The van der Waals surface area contributed by atoms with Gasteiger partial charge in [0.05, 0.1) is 6.42 Å². The summed E-state index contributed by atoms with van der Waals surface area (Å²) in [7, 11) is 1.72. The minimum atomic E-state index is -4.05. The second-order valence-electron chi connectivity index (χ2n) is 3.98. The largest absolute Gasteiger partial charge is 0.390 e. The van der Waals surface area contributed by atoms with Crippen LogP contribution in [0.1, 0.15) is 26.7 Å². The lowest BCUT2D eigenvalue weighted by Gasteiger charge is -2.22. The fourth-order valence-corrected chi connectivity index (χ4v) is 1.33. The fourth-order valence-electron chi connectivity index (χ4n) is 1.33. The molecule has 0 saturated carbocycles. The molecule has 0 spiro atoms. The molecule has 0 fully saturated rings. The van der Waals surface area contributed by atoms with Crippen LogP contribution in [0.5, 0.6) is 0 Å². The van der Waals surface area contributed by atoms with Crippen molar-refractivity contribution in [3.63, 3.8) is 0 Å². The van der Waals surface area contributed by atoms with Crippen molar-refractivity contribution < 1.29 is 13.2 Å². The summed E-state index contributed by atoms with van der Waals surface area (Å²) in [4.78, 5) is 1.71. The van der Waals surface area contributed by atoms with Gasteiger partial charge in [-0.05, 0) is 26.9 Å². The Morgan fingerprint density at radius 2 is 1.93 bits per heavy atom. The van der Waals surface area contributed by atoms with E-state index in [1.54, 1.807) is 11.9 Å². The van der Waals surface area contributed by atoms with Crippen LogP contribution in [-0.2, 0) is 0 Å². The molecule has 2 nitrogen and oxygen atoms in total. The van der Waals surface area contributed by atoms with Crippen LogP contribution >= 0.6 is 0 Å². The number of rotatable bonds is 7. The zero-order valence-electron chi connectivity index (χ0n) is 9.69. The Balaban J connectivity index is 3.59. The number of nitrogens with one attached hydrogen (secondary N) is 1. The molecule has 0 aliphatic carbocycles. The van der Waals surface area contributed by atoms with E-state index in [1.807, 2.05) is 6.92 Å². The first-order valence-corrected chi connectivity index (χ1v) is 5.34. The van der Waals surface area contributed by atoms with Gasteiger partial charge in [-0.3, -0.25) is 0 Å². The van der Waals surface area contributed by atoms with E-state index in [1.165, 1.54) is 0 Å². The molecule has 0 aromatic heterocycles. The number of nitrogens with zero attached hydrogens (tertiary/aromatic N) is 1. The lowest BCUT2D eigenvalue weighted by Crippen LogP contribution is -2.38. The Morgan fingerprint density at radius 3 is 2.40 bits per heavy atom. The van der Waals surface area contributed by atoms with E-state index in [0.717, 1.165) is 13.0 Å². The summed E-state index contributed by atoms with van der Waals surface area (Å²) < 4.78 is 35.7. The lowest BCUT2D eigenvalue weighted by atomic mass is 10.3. The minimum Gasteiger partial charge on any atom is -0.313 e. The molecule has 0 amide bonds. The van der Waals surface area contributed by atoms with Crippen molar-refractivity contribution >= 4 is 0 Å². The van der Waals surface area contributed by atoms with Crippen LogP contribution in [0, 0.1) is 0 Å². The fraction of sp³-hybridized carbons (Fsp3) is 1.00. The molecule has 0 radical (unpaired) electrons. The molecule has 92 valence electrons. The van der Waals surface area contributed by atoms with E-state index in [0.29, 0.717) is 6.54 Å². The van der Waals surface area contributed by atoms with E-state index >= 15 is 0 Å². The third-order valence-corrected chi connectivity index (χ3v) is 2.11. The van der Waals surface area contributed by atoms with Gasteiger partial charge < -0.3 is 10.2 Å². The summed E-state index contributed by atoms with van der Waals surface area (Å²) >= 11 is 0. The maximum atomic E-state index is 11.9. The summed E-state index contributed by atoms with van der Waals surface area (Å²) in [5.41, 5.74) is 0. The molecule has 1 atom stereocenters. The monoisotopic (exact) mass is 226 g/mol. The number of halogens is 3. The summed E-state index contributed by atoms with van der Waals surface area (Å²) in [5, 5.41) is 3.24. The molecule has 0 aliphatic heterocycles. The van der Waals surface area contributed by atoms with Gasteiger partial charge in [-0.25, -0.2) is 0 Å². The first-order chi connectivity index (χ1) is 6.85. The van der Waals surface area contributed by atoms with Crippen molar-refractivity contribution in [2.75, 3.05) is 26.7 Å². The Hall–Kier alpha value is -0.290. The van der Waals surface area contributed by atoms with Crippen LogP contribution in [0.3, 0.4) is 0 Å². The highest BCUT2D eigenvalue weighted by Crippen LogP contribution is 2.19. The van der Waals surface area contributed by atoms with E-state index in [2.05, 4.69) is 12.2 Å². The number of hydrogen-bond donors (Lipinski definition) is 1. The van der Waals surface area contributed by atoms with Gasteiger partial charge >= 0.3 is 6.18 Å². The molecule has 1 N–H and O–H groups in total. The van der Waals surface area contributed by atoms with Crippen LogP contribution in [0.2, 0.25) is 0 Å². The quantitative estimate of drug-likeness (QED) is 0.716. The Bertz CT molecular complexity index is 159. The van der Waals surface area contributed by atoms with E-state index < -0.39 is 12.6 Å². The van der Waals surface area contributed by atoms with Crippen molar-refractivity contribution in [1.82, 2.24) is 10.2 Å². The SMILES string of the molecule is CCCNC(C)CN(C)CCC(F)(F)F. The molecule has 15 heavy (non-hydrogen) atoms. The van der Waals surface area contributed by atoms with Gasteiger partial charge in [0, 0.05) is 19.1 Å². The van der Waals surface area contributed by atoms with Gasteiger partial charge in [0.15, 0.2) is 0 Å². The normalized spacial score (nSPS) is 14.6. The Labute approximate surface area is 89.8 Å². The first kappa shape index (κ1) is 14.7. The molecule has 0 aromatic rings. The molecule has 0 heterocycles. The summed E-state index contributed by atoms with van der Waals surface area (Å²) in [6.45, 7) is 5.68. The molecule has 0 aromatic carbocycles. The summed E-state index contributed by atoms with van der Waals surface area (Å²) in [5.74, 6) is 0. The van der Waals surface area contributed by atoms with Crippen LogP contribution in [0.4, 0.5) is 13.2 Å². The Kier molecular flexibility index (Phi) is 6.92. The van der Waals surface area contributed by atoms with Crippen molar-refractivity contribution in [3.05, 3.63) is 0 Å². The summed E-state index contributed by atoms with van der Waals surface area (Å²) in [6, 6.07) is 0.239. The predicted octanol–water partition coefficient (Wildman–Crippen LogP) is 2.26.